The van der Waals surface area contributed by atoms with E-state index in [1.807, 2.05) is 19.2 Å². The van der Waals surface area contributed by atoms with Gasteiger partial charge in [-0.25, -0.2) is 4.79 Å². The van der Waals surface area contributed by atoms with E-state index in [4.69, 9.17) is 5.26 Å². The Morgan fingerprint density at radius 2 is 2.12 bits per heavy atom. The van der Waals surface area contributed by atoms with E-state index in [1.54, 1.807) is 35.4 Å². The standard InChI is InChI=1S/C18H20N6O/c1-23(17-6-3-9-20-22-17)16-7-10-24(11-8-16)18(25)21-15-5-2-4-14(12-15)13-19/h2-6,9,12,16H,7-8,10-11H2,1H3,(H,21,25). The van der Waals surface area contributed by atoms with Gasteiger partial charge in [-0.2, -0.15) is 10.4 Å². The highest BCUT2D eigenvalue weighted by Gasteiger charge is 2.26. The lowest BCUT2D eigenvalue weighted by Gasteiger charge is -2.37. The molecule has 7 heteroatoms. The number of nitrogens with one attached hydrogen (secondary N) is 1. The summed E-state index contributed by atoms with van der Waals surface area (Å²) in [5, 5.41) is 19.8. The second-order valence-corrected chi connectivity index (χ2v) is 6.03. The van der Waals surface area contributed by atoms with Gasteiger partial charge >= 0.3 is 6.03 Å². The van der Waals surface area contributed by atoms with Crippen LogP contribution in [0.5, 0.6) is 0 Å². The van der Waals surface area contributed by atoms with Crippen LogP contribution in [0.2, 0.25) is 0 Å². The number of anilines is 2. The van der Waals surface area contributed by atoms with Gasteiger partial charge in [0.25, 0.3) is 0 Å². The molecule has 2 amide bonds. The molecule has 3 rings (SSSR count). The number of rotatable bonds is 3. The molecule has 1 N–H and O–H groups in total. The minimum absolute atomic E-state index is 0.129. The topological polar surface area (TPSA) is 85.2 Å². The van der Waals surface area contributed by atoms with Crippen molar-refractivity contribution < 1.29 is 4.79 Å². The fourth-order valence-corrected chi connectivity index (χ4v) is 2.99. The van der Waals surface area contributed by atoms with Gasteiger partial charge in [0.15, 0.2) is 5.82 Å². The van der Waals surface area contributed by atoms with Gasteiger partial charge in [0.05, 0.1) is 11.6 Å². The summed E-state index contributed by atoms with van der Waals surface area (Å²) in [5.41, 5.74) is 1.17. The highest BCUT2D eigenvalue weighted by Crippen LogP contribution is 2.20. The zero-order valence-corrected chi connectivity index (χ0v) is 14.1. The first kappa shape index (κ1) is 16.7. The summed E-state index contributed by atoms with van der Waals surface area (Å²) in [6.45, 7) is 1.36. The largest absolute Gasteiger partial charge is 0.355 e. The number of piperidine rings is 1. The number of likely N-dealkylation sites (tertiary alicyclic amines) is 1. The van der Waals surface area contributed by atoms with Crippen molar-refractivity contribution in [1.82, 2.24) is 15.1 Å². The van der Waals surface area contributed by atoms with Crippen LogP contribution in [0.4, 0.5) is 16.3 Å². The summed E-state index contributed by atoms with van der Waals surface area (Å²) in [6, 6.07) is 13.0. The Bertz CT molecular complexity index is 765. The fourth-order valence-electron chi connectivity index (χ4n) is 2.99. The smallest absolute Gasteiger partial charge is 0.321 e. The van der Waals surface area contributed by atoms with Crippen molar-refractivity contribution in [2.45, 2.75) is 18.9 Å². The Morgan fingerprint density at radius 1 is 1.32 bits per heavy atom. The lowest BCUT2D eigenvalue weighted by atomic mass is 10.0. The Morgan fingerprint density at radius 3 is 2.80 bits per heavy atom. The second kappa shape index (κ2) is 7.62. The predicted octanol–water partition coefficient (Wildman–Crippen LogP) is 2.48. The maximum Gasteiger partial charge on any atom is 0.321 e. The molecule has 0 saturated carbocycles. The van der Waals surface area contributed by atoms with Gasteiger partial charge in [-0.15, -0.1) is 5.10 Å². The Kier molecular flexibility index (Phi) is 5.09. The molecule has 2 aromatic rings. The van der Waals surface area contributed by atoms with Gasteiger partial charge in [-0.1, -0.05) is 6.07 Å². The lowest BCUT2D eigenvalue weighted by molar-refractivity contribution is 0.194. The van der Waals surface area contributed by atoms with Crippen LogP contribution in [-0.4, -0.2) is 47.3 Å². The van der Waals surface area contributed by atoms with Crippen LogP contribution in [0.3, 0.4) is 0 Å². The number of hydrogen-bond acceptors (Lipinski definition) is 5. The van der Waals surface area contributed by atoms with E-state index in [-0.39, 0.29) is 6.03 Å². The number of nitrogens with zero attached hydrogens (tertiary/aromatic N) is 5. The maximum atomic E-state index is 12.4. The quantitative estimate of drug-likeness (QED) is 0.931. The number of nitriles is 1. The van der Waals surface area contributed by atoms with E-state index in [0.717, 1.165) is 18.7 Å². The number of carbonyl (C=O) groups is 1. The van der Waals surface area contributed by atoms with Gasteiger partial charge in [-0.3, -0.25) is 0 Å². The molecule has 1 aromatic carbocycles. The zero-order chi connectivity index (χ0) is 17.6. The van der Waals surface area contributed by atoms with Gasteiger partial charge in [0, 0.05) is 38.1 Å². The van der Waals surface area contributed by atoms with E-state index in [9.17, 15) is 4.79 Å². The first-order valence-electron chi connectivity index (χ1n) is 8.24. The maximum absolute atomic E-state index is 12.4. The van der Waals surface area contributed by atoms with E-state index in [0.29, 0.717) is 30.4 Å². The monoisotopic (exact) mass is 336 g/mol. The van der Waals surface area contributed by atoms with Gasteiger partial charge in [0.1, 0.15) is 0 Å². The third-order valence-electron chi connectivity index (χ3n) is 4.46. The minimum atomic E-state index is -0.129. The molecular weight excluding hydrogens is 316 g/mol. The average Bonchev–Trinajstić information content (AvgIpc) is 2.68. The molecule has 25 heavy (non-hydrogen) atoms. The highest BCUT2D eigenvalue weighted by molar-refractivity contribution is 5.89. The third-order valence-corrected chi connectivity index (χ3v) is 4.46. The summed E-state index contributed by atoms with van der Waals surface area (Å²) in [6.07, 6.45) is 3.41. The molecule has 1 aromatic heterocycles. The summed E-state index contributed by atoms with van der Waals surface area (Å²) < 4.78 is 0. The first-order chi connectivity index (χ1) is 12.2. The lowest BCUT2D eigenvalue weighted by Crippen LogP contribution is -2.47. The first-order valence-corrected chi connectivity index (χ1v) is 8.24. The van der Waals surface area contributed by atoms with Gasteiger partial charge < -0.3 is 15.1 Å². The number of aromatic nitrogens is 2. The van der Waals surface area contributed by atoms with Crippen LogP contribution in [0.1, 0.15) is 18.4 Å². The molecule has 1 saturated heterocycles. The van der Waals surface area contributed by atoms with Gasteiger partial charge in [0.2, 0.25) is 0 Å². The molecule has 2 heterocycles. The molecule has 128 valence electrons. The summed E-state index contributed by atoms with van der Waals surface area (Å²) in [7, 11) is 2.01. The van der Waals surface area contributed by atoms with Crippen LogP contribution in [0.15, 0.2) is 42.6 Å². The predicted molar refractivity (Wildman–Crippen MR) is 95.2 cm³/mol. The molecule has 1 aliphatic rings. The molecular formula is C18H20N6O. The van der Waals surface area contributed by atoms with E-state index in [2.05, 4.69) is 26.5 Å². The average molecular weight is 336 g/mol. The Labute approximate surface area is 146 Å². The van der Waals surface area contributed by atoms with Crippen molar-refractivity contribution >= 4 is 17.5 Å². The van der Waals surface area contributed by atoms with Crippen LogP contribution < -0.4 is 10.2 Å². The summed E-state index contributed by atoms with van der Waals surface area (Å²) in [4.78, 5) is 16.3. The normalized spacial score (nSPS) is 14.6. The van der Waals surface area contributed by atoms with Crippen molar-refractivity contribution in [2.24, 2.45) is 0 Å². The van der Waals surface area contributed by atoms with Crippen molar-refractivity contribution in [3.63, 3.8) is 0 Å². The SMILES string of the molecule is CN(c1cccnn1)C1CCN(C(=O)Nc2cccc(C#N)c2)CC1. The third kappa shape index (κ3) is 4.04. The zero-order valence-electron chi connectivity index (χ0n) is 14.1. The summed E-state index contributed by atoms with van der Waals surface area (Å²) in [5.74, 6) is 0.846. The van der Waals surface area contributed by atoms with Crippen LogP contribution >= 0.6 is 0 Å². The number of benzene rings is 1. The number of amides is 2. The Hall–Kier alpha value is -3.14. The van der Waals surface area contributed by atoms with E-state index >= 15 is 0 Å². The van der Waals surface area contributed by atoms with Crippen molar-refractivity contribution in [1.29, 1.82) is 5.26 Å². The molecule has 1 aliphatic heterocycles. The van der Waals surface area contributed by atoms with Crippen molar-refractivity contribution in [2.75, 3.05) is 30.4 Å². The van der Waals surface area contributed by atoms with E-state index in [1.165, 1.54) is 0 Å². The summed E-state index contributed by atoms with van der Waals surface area (Å²) >= 11 is 0. The molecule has 7 nitrogen and oxygen atoms in total. The highest BCUT2D eigenvalue weighted by atomic mass is 16.2. The van der Waals surface area contributed by atoms with E-state index < -0.39 is 0 Å². The number of carbonyl (C=O) groups excluding carboxylic acids is 1. The minimum Gasteiger partial charge on any atom is -0.355 e. The molecule has 0 bridgehead atoms. The number of hydrogen-bond donors (Lipinski definition) is 1. The molecule has 0 spiro atoms. The van der Waals surface area contributed by atoms with Gasteiger partial charge in [-0.05, 0) is 43.2 Å². The van der Waals surface area contributed by atoms with Crippen molar-refractivity contribution in [3.8, 4) is 6.07 Å². The van der Waals surface area contributed by atoms with Crippen molar-refractivity contribution in [3.05, 3.63) is 48.2 Å². The Balaban J connectivity index is 1.55. The molecule has 1 fully saturated rings. The van der Waals surface area contributed by atoms with Crippen LogP contribution in [0, 0.1) is 11.3 Å². The van der Waals surface area contributed by atoms with Crippen LogP contribution in [0.25, 0.3) is 0 Å². The molecule has 0 atom stereocenters. The van der Waals surface area contributed by atoms with Crippen LogP contribution in [-0.2, 0) is 0 Å². The molecule has 0 radical (unpaired) electrons. The molecule has 0 aliphatic carbocycles. The number of urea groups is 1. The second-order valence-electron chi connectivity index (χ2n) is 6.03. The fraction of sp³-hybridized carbons (Fsp3) is 0.333. The molecule has 0 unspecified atom stereocenters.